The molecular weight excluding hydrogens is 394 g/mol. The molecule has 0 aliphatic carbocycles. The van der Waals surface area contributed by atoms with Crippen LogP contribution in [-0.4, -0.2) is 76.1 Å². The molecular formula is C22H27N7O2. The molecule has 0 radical (unpaired) electrons. The van der Waals surface area contributed by atoms with Gasteiger partial charge in [-0.15, -0.1) is 0 Å². The van der Waals surface area contributed by atoms with Gasteiger partial charge < -0.3 is 19.3 Å². The van der Waals surface area contributed by atoms with Gasteiger partial charge in [-0.2, -0.15) is 5.10 Å². The van der Waals surface area contributed by atoms with E-state index in [1.54, 1.807) is 19.5 Å². The molecule has 3 aromatic heterocycles. The molecule has 5 rings (SSSR count). The molecule has 2 aliphatic heterocycles. The summed E-state index contributed by atoms with van der Waals surface area (Å²) in [6.07, 6.45) is 7.37. The normalized spacial score (nSPS) is 17.8. The Labute approximate surface area is 181 Å². The molecule has 0 bridgehead atoms. The highest BCUT2D eigenvalue weighted by atomic mass is 16.5. The predicted molar refractivity (Wildman–Crippen MR) is 118 cm³/mol. The summed E-state index contributed by atoms with van der Waals surface area (Å²) in [6.45, 7) is 8.78. The monoisotopic (exact) mass is 421 g/mol. The van der Waals surface area contributed by atoms with Gasteiger partial charge in [-0.25, -0.2) is 14.6 Å². The maximum absolute atomic E-state index is 5.55. The number of anilines is 1. The van der Waals surface area contributed by atoms with Gasteiger partial charge in [-0.1, -0.05) is 0 Å². The van der Waals surface area contributed by atoms with E-state index < -0.39 is 0 Å². The molecule has 0 aromatic carbocycles. The van der Waals surface area contributed by atoms with E-state index in [-0.39, 0.29) is 6.04 Å². The first-order valence-electron chi connectivity index (χ1n) is 10.7. The van der Waals surface area contributed by atoms with Crippen LogP contribution in [0.25, 0.3) is 22.4 Å². The molecule has 0 atom stereocenters. The maximum atomic E-state index is 5.55. The Kier molecular flexibility index (Phi) is 5.42. The third-order valence-electron chi connectivity index (χ3n) is 6.08. The summed E-state index contributed by atoms with van der Waals surface area (Å²) in [5.41, 5.74) is 1.83. The number of pyridine rings is 1. The molecule has 162 valence electrons. The van der Waals surface area contributed by atoms with Gasteiger partial charge in [0.2, 0.25) is 0 Å². The van der Waals surface area contributed by atoms with Crippen LogP contribution in [0.2, 0.25) is 0 Å². The summed E-state index contributed by atoms with van der Waals surface area (Å²) >= 11 is 0. The van der Waals surface area contributed by atoms with Crippen molar-refractivity contribution < 1.29 is 9.47 Å². The van der Waals surface area contributed by atoms with Crippen LogP contribution < -0.4 is 4.90 Å². The van der Waals surface area contributed by atoms with Crippen LogP contribution in [0.1, 0.15) is 18.9 Å². The second kappa shape index (κ2) is 8.50. The zero-order chi connectivity index (χ0) is 21.2. The molecule has 0 spiro atoms. The van der Waals surface area contributed by atoms with Crippen molar-refractivity contribution >= 4 is 16.9 Å². The van der Waals surface area contributed by atoms with Crippen molar-refractivity contribution in [1.82, 2.24) is 29.6 Å². The van der Waals surface area contributed by atoms with E-state index in [1.807, 2.05) is 18.3 Å². The van der Waals surface area contributed by atoms with Gasteiger partial charge in [0.05, 0.1) is 37.9 Å². The van der Waals surface area contributed by atoms with Gasteiger partial charge in [-0.3, -0.25) is 4.98 Å². The fourth-order valence-electron chi connectivity index (χ4n) is 4.31. The Morgan fingerprint density at radius 2 is 1.84 bits per heavy atom. The number of ether oxygens (including phenoxy) is 2. The first-order valence-corrected chi connectivity index (χ1v) is 10.7. The van der Waals surface area contributed by atoms with Crippen molar-refractivity contribution in [2.45, 2.75) is 18.9 Å². The molecule has 9 nitrogen and oxygen atoms in total. The highest BCUT2D eigenvalue weighted by Gasteiger charge is 2.26. The van der Waals surface area contributed by atoms with Crippen molar-refractivity contribution in [3.63, 3.8) is 0 Å². The van der Waals surface area contributed by atoms with Crippen LogP contribution in [0.5, 0.6) is 0 Å². The van der Waals surface area contributed by atoms with E-state index >= 15 is 0 Å². The number of piperidine rings is 1. The summed E-state index contributed by atoms with van der Waals surface area (Å²) in [5.74, 6) is 2.35. The fraction of sp³-hybridized carbons (Fsp3) is 0.455. The molecule has 2 saturated heterocycles. The minimum atomic E-state index is 0.274. The molecule has 9 heteroatoms. The number of methoxy groups -OCH3 is 1. The van der Waals surface area contributed by atoms with E-state index in [1.165, 1.54) is 0 Å². The number of likely N-dealkylation sites (tertiary alicyclic amines) is 1. The lowest BCUT2D eigenvalue weighted by Crippen LogP contribution is -2.37. The molecule has 0 amide bonds. The molecule has 0 unspecified atom stereocenters. The highest BCUT2D eigenvalue weighted by molar-refractivity contribution is 5.88. The van der Waals surface area contributed by atoms with Crippen molar-refractivity contribution in [3.8, 4) is 11.4 Å². The quantitative estimate of drug-likeness (QED) is 0.581. The highest BCUT2D eigenvalue weighted by Crippen LogP contribution is 2.32. The molecule has 5 heterocycles. The Balaban J connectivity index is 1.54. The van der Waals surface area contributed by atoms with Crippen molar-refractivity contribution in [2.75, 3.05) is 51.4 Å². The second-order valence-electron chi connectivity index (χ2n) is 7.85. The minimum Gasteiger partial charge on any atom is -0.483 e. The topological polar surface area (TPSA) is 81.4 Å². The van der Waals surface area contributed by atoms with Crippen LogP contribution in [-0.2, 0) is 9.47 Å². The third-order valence-corrected chi connectivity index (χ3v) is 6.08. The summed E-state index contributed by atoms with van der Waals surface area (Å²) in [4.78, 5) is 18.5. The van der Waals surface area contributed by atoms with Crippen LogP contribution in [0, 0.1) is 0 Å². The number of morpholine rings is 1. The average molecular weight is 422 g/mol. The lowest BCUT2D eigenvalue weighted by molar-refractivity contribution is 0.118. The van der Waals surface area contributed by atoms with E-state index in [2.05, 4.69) is 26.0 Å². The summed E-state index contributed by atoms with van der Waals surface area (Å²) in [5, 5.41) is 5.76. The summed E-state index contributed by atoms with van der Waals surface area (Å²) in [7, 11) is 1.67. The number of nitrogens with zero attached hydrogens (tertiary/aromatic N) is 7. The predicted octanol–water partition coefficient (Wildman–Crippen LogP) is 2.48. The molecule has 3 aromatic rings. The third kappa shape index (κ3) is 3.81. The van der Waals surface area contributed by atoms with Gasteiger partial charge in [0.15, 0.2) is 17.4 Å². The van der Waals surface area contributed by atoms with Gasteiger partial charge >= 0.3 is 0 Å². The van der Waals surface area contributed by atoms with Crippen LogP contribution in [0.4, 0.5) is 5.82 Å². The van der Waals surface area contributed by atoms with Gasteiger partial charge in [0.1, 0.15) is 5.82 Å². The number of aromatic nitrogens is 5. The van der Waals surface area contributed by atoms with Crippen LogP contribution in [0.15, 0.2) is 43.2 Å². The lowest BCUT2D eigenvalue weighted by Gasteiger charge is -2.33. The zero-order valence-electron chi connectivity index (χ0n) is 17.8. The molecule has 0 saturated carbocycles. The smallest absolute Gasteiger partial charge is 0.181 e. The Hall–Kier alpha value is -3.20. The average Bonchev–Trinajstić information content (AvgIpc) is 3.28. The molecule has 2 aliphatic rings. The van der Waals surface area contributed by atoms with Crippen molar-refractivity contribution in [1.29, 1.82) is 0 Å². The number of hydrogen-bond acceptors (Lipinski definition) is 8. The maximum Gasteiger partial charge on any atom is 0.181 e. The number of rotatable bonds is 5. The van der Waals surface area contributed by atoms with E-state index in [0.29, 0.717) is 19.0 Å². The molecule has 0 N–H and O–H groups in total. The van der Waals surface area contributed by atoms with Gasteiger partial charge in [0, 0.05) is 44.1 Å². The van der Waals surface area contributed by atoms with E-state index in [0.717, 1.165) is 67.3 Å². The Bertz CT molecular complexity index is 1050. The Morgan fingerprint density at radius 3 is 2.55 bits per heavy atom. The largest absolute Gasteiger partial charge is 0.483 e. The summed E-state index contributed by atoms with van der Waals surface area (Å²) < 4.78 is 12.9. The first-order chi connectivity index (χ1) is 15.2. The molecule has 31 heavy (non-hydrogen) atoms. The Morgan fingerprint density at radius 1 is 1.10 bits per heavy atom. The van der Waals surface area contributed by atoms with E-state index in [9.17, 15) is 0 Å². The van der Waals surface area contributed by atoms with E-state index in [4.69, 9.17) is 24.5 Å². The minimum absolute atomic E-state index is 0.274. The van der Waals surface area contributed by atoms with Gasteiger partial charge in [0.25, 0.3) is 0 Å². The standard InChI is InChI=1S/C22H27N7O2/c1-16(30-2)27-9-5-18(6-10-27)29-22-19(15-24-29)21(28-11-13-31-14-12-28)25-20(26-22)17-3-7-23-8-4-17/h3-4,7-8,15,18H,1,5-6,9-14H2,2H3. The van der Waals surface area contributed by atoms with Crippen LogP contribution >= 0.6 is 0 Å². The first kappa shape index (κ1) is 19.7. The number of hydrogen-bond donors (Lipinski definition) is 0. The number of fused-ring (bicyclic) bond motifs is 1. The zero-order valence-corrected chi connectivity index (χ0v) is 17.8. The lowest BCUT2D eigenvalue weighted by atomic mass is 10.1. The summed E-state index contributed by atoms with van der Waals surface area (Å²) in [6, 6.07) is 4.16. The van der Waals surface area contributed by atoms with Crippen molar-refractivity contribution in [3.05, 3.63) is 43.2 Å². The van der Waals surface area contributed by atoms with Crippen LogP contribution in [0.3, 0.4) is 0 Å². The van der Waals surface area contributed by atoms with Crippen molar-refractivity contribution in [2.24, 2.45) is 0 Å². The van der Waals surface area contributed by atoms with Gasteiger partial charge in [-0.05, 0) is 31.6 Å². The second-order valence-corrected chi connectivity index (χ2v) is 7.85. The fourth-order valence-corrected chi connectivity index (χ4v) is 4.31. The SMILES string of the molecule is C=C(OC)N1CCC(n2ncc3c(N4CCOCC4)nc(-c4ccncc4)nc32)CC1. The molecule has 2 fully saturated rings.